The van der Waals surface area contributed by atoms with E-state index in [1.165, 1.54) is 16.6 Å². The molecule has 0 spiro atoms. The number of benzene rings is 3. The monoisotopic (exact) mass is 384 g/mol. The molecule has 3 nitrogen and oxygen atoms in total. The molecule has 4 aromatic rings. The van der Waals surface area contributed by atoms with Crippen molar-refractivity contribution in [2.75, 3.05) is 6.61 Å². The van der Waals surface area contributed by atoms with Crippen molar-refractivity contribution in [3.8, 4) is 17.1 Å². The quantitative estimate of drug-likeness (QED) is 0.335. The minimum absolute atomic E-state index is 0.541. The fourth-order valence-corrected chi connectivity index (χ4v) is 3.59. The third kappa shape index (κ3) is 4.34. The van der Waals surface area contributed by atoms with E-state index in [4.69, 9.17) is 9.72 Å². The van der Waals surface area contributed by atoms with Crippen LogP contribution in [0.1, 0.15) is 37.3 Å². The number of nitrogens with zero attached hydrogens (tertiary/aromatic N) is 2. The lowest BCUT2D eigenvalue weighted by Gasteiger charge is -2.11. The maximum absolute atomic E-state index is 5.98. The summed E-state index contributed by atoms with van der Waals surface area (Å²) in [5.41, 5.74) is 5.95. The number of hydrogen-bond acceptors (Lipinski definition) is 2. The lowest BCUT2D eigenvalue weighted by atomic mass is 10.0. The second-order valence-corrected chi connectivity index (χ2v) is 7.87. The molecule has 0 N–H and O–H groups in total. The molecule has 0 unspecified atom stereocenters. The van der Waals surface area contributed by atoms with Gasteiger partial charge in [-0.15, -0.1) is 0 Å². The Bertz CT molecular complexity index is 1080. The van der Waals surface area contributed by atoms with E-state index >= 15 is 0 Å². The Morgan fingerprint density at radius 3 is 2.34 bits per heavy atom. The van der Waals surface area contributed by atoms with Gasteiger partial charge < -0.3 is 9.30 Å². The number of rotatable bonds is 7. The molecule has 3 heteroatoms. The van der Waals surface area contributed by atoms with Crippen LogP contribution in [0.5, 0.6) is 5.75 Å². The Morgan fingerprint density at radius 1 is 0.897 bits per heavy atom. The minimum Gasteiger partial charge on any atom is -0.494 e. The molecule has 148 valence electrons. The fraction of sp³-hybridized carbons (Fsp3) is 0.269. The third-order valence-electron chi connectivity index (χ3n) is 5.31. The van der Waals surface area contributed by atoms with Gasteiger partial charge >= 0.3 is 0 Å². The van der Waals surface area contributed by atoms with E-state index < -0.39 is 0 Å². The Hall–Kier alpha value is -3.07. The van der Waals surface area contributed by atoms with Crippen LogP contribution in [0, 0.1) is 6.92 Å². The van der Waals surface area contributed by atoms with Gasteiger partial charge in [-0.05, 0) is 49.1 Å². The first-order valence-electron chi connectivity index (χ1n) is 10.4. The van der Waals surface area contributed by atoms with E-state index in [-0.39, 0.29) is 0 Å². The summed E-state index contributed by atoms with van der Waals surface area (Å²) in [5.74, 6) is 2.50. The summed E-state index contributed by atoms with van der Waals surface area (Å²) in [5, 5.41) is 0. The first kappa shape index (κ1) is 19.3. The summed E-state index contributed by atoms with van der Waals surface area (Å²) < 4.78 is 8.29. The van der Waals surface area contributed by atoms with Gasteiger partial charge in [-0.1, -0.05) is 67.9 Å². The van der Waals surface area contributed by atoms with Crippen molar-refractivity contribution in [1.82, 2.24) is 9.55 Å². The molecular formula is C26H28N2O. The van der Waals surface area contributed by atoms with E-state index in [0.717, 1.165) is 35.6 Å². The summed E-state index contributed by atoms with van der Waals surface area (Å²) >= 11 is 0. The van der Waals surface area contributed by atoms with Crippen LogP contribution in [0.15, 0.2) is 72.8 Å². The Morgan fingerprint density at radius 2 is 1.62 bits per heavy atom. The van der Waals surface area contributed by atoms with Gasteiger partial charge in [-0.2, -0.15) is 0 Å². The molecular weight excluding hydrogens is 356 g/mol. The highest BCUT2D eigenvalue weighted by atomic mass is 16.5. The van der Waals surface area contributed by atoms with Gasteiger partial charge in [0.05, 0.1) is 17.6 Å². The molecule has 3 aromatic carbocycles. The van der Waals surface area contributed by atoms with Crippen molar-refractivity contribution in [3.63, 3.8) is 0 Å². The van der Waals surface area contributed by atoms with Gasteiger partial charge in [0.1, 0.15) is 11.6 Å². The topological polar surface area (TPSA) is 27.1 Å². The zero-order valence-corrected chi connectivity index (χ0v) is 17.4. The van der Waals surface area contributed by atoms with Crippen LogP contribution in [-0.4, -0.2) is 16.2 Å². The molecule has 29 heavy (non-hydrogen) atoms. The number of hydrogen-bond donors (Lipinski definition) is 0. The second kappa shape index (κ2) is 8.52. The summed E-state index contributed by atoms with van der Waals surface area (Å²) in [4.78, 5) is 4.90. The number of imidazole rings is 1. The van der Waals surface area contributed by atoms with Gasteiger partial charge in [0.2, 0.25) is 0 Å². The van der Waals surface area contributed by atoms with Crippen molar-refractivity contribution in [3.05, 3.63) is 83.9 Å². The van der Waals surface area contributed by atoms with Crippen molar-refractivity contribution in [1.29, 1.82) is 0 Å². The van der Waals surface area contributed by atoms with Crippen molar-refractivity contribution < 1.29 is 4.74 Å². The van der Waals surface area contributed by atoms with Crippen molar-refractivity contribution >= 4 is 11.0 Å². The normalized spacial score (nSPS) is 11.3. The molecule has 1 heterocycles. The third-order valence-corrected chi connectivity index (χ3v) is 5.31. The maximum atomic E-state index is 5.98. The number of fused-ring (bicyclic) bond motifs is 1. The van der Waals surface area contributed by atoms with Crippen LogP contribution in [0.4, 0.5) is 0 Å². The number of para-hydroxylation sites is 2. The van der Waals surface area contributed by atoms with E-state index in [9.17, 15) is 0 Å². The smallest absolute Gasteiger partial charge is 0.141 e. The molecule has 0 amide bonds. The molecule has 0 aliphatic carbocycles. The average molecular weight is 385 g/mol. The predicted octanol–water partition coefficient (Wildman–Crippen LogP) is 6.60. The lowest BCUT2D eigenvalue weighted by Crippen LogP contribution is -2.06. The highest BCUT2D eigenvalue weighted by Gasteiger charge is 2.12. The van der Waals surface area contributed by atoms with Gasteiger partial charge in [0, 0.05) is 12.1 Å². The summed E-state index contributed by atoms with van der Waals surface area (Å²) in [7, 11) is 0. The highest BCUT2D eigenvalue weighted by molar-refractivity contribution is 5.80. The van der Waals surface area contributed by atoms with Crippen LogP contribution in [-0.2, 0) is 6.54 Å². The van der Waals surface area contributed by atoms with Gasteiger partial charge in [-0.3, -0.25) is 0 Å². The molecule has 0 saturated carbocycles. The Kier molecular flexibility index (Phi) is 5.66. The van der Waals surface area contributed by atoms with Crippen LogP contribution < -0.4 is 4.74 Å². The van der Waals surface area contributed by atoms with Gasteiger partial charge in [-0.25, -0.2) is 4.98 Å². The Balaban J connectivity index is 1.48. The lowest BCUT2D eigenvalue weighted by molar-refractivity contribution is 0.303. The van der Waals surface area contributed by atoms with Crippen LogP contribution in [0.3, 0.4) is 0 Å². The van der Waals surface area contributed by atoms with Crippen LogP contribution >= 0.6 is 0 Å². The number of aryl methyl sites for hydroxylation is 2. The first-order chi connectivity index (χ1) is 14.1. The summed E-state index contributed by atoms with van der Waals surface area (Å²) in [6.07, 6.45) is 0.922. The molecule has 0 atom stereocenters. The standard InChI is InChI=1S/C26H28N2O/c1-19(2)21-13-15-23(16-14-21)29-18-6-17-28-25-8-5-4-7-24(25)27-26(28)22-11-9-20(3)10-12-22/h4-5,7-16,19H,6,17-18H2,1-3H3. The van der Waals surface area contributed by atoms with E-state index in [0.29, 0.717) is 12.5 Å². The number of ether oxygens (including phenoxy) is 1. The molecule has 0 aliphatic heterocycles. The second-order valence-electron chi connectivity index (χ2n) is 7.87. The van der Waals surface area contributed by atoms with E-state index in [1.807, 2.05) is 6.07 Å². The Labute approximate surface area is 173 Å². The number of aromatic nitrogens is 2. The molecule has 0 fully saturated rings. The molecule has 1 aromatic heterocycles. The first-order valence-corrected chi connectivity index (χ1v) is 10.4. The minimum atomic E-state index is 0.541. The SMILES string of the molecule is Cc1ccc(-c2nc3ccccc3n2CCCOc2ccc(C(C)C)cc2)cc1. The molecule has 4 rings (SSSR count). The summed E-state index contributed by atoms with van der Waals surface area (Å²) in [6.45, 7) is 8.07. The van der Waals surface area contributed by atoms with E-state index in [1.54, 1.807) is 0 Å². The average Bonchev–Trinajstić information content (AvgIpc) is 3.10. The van der Waals surface area contributed by atoms with Crippen LogP contribution in [0.25, 0.3) is 22.4 Å². The predicted molar refractivity (Wildman–Crippen MR) is 121 cm³/mol. The van der Waals surface area contributed by atoms with E-state index in [2.05, 4.69) is 92.1 Å². The molecule has 0 bridgehead atoms. The van der Waals surface area contributed by atoms with Gasteiger partial charge in [0.25, 0.3) is 0 Å². The van der Waals surface area contributed by atoms with Gasteiger partial charge in [0.15, 0.2) is 0 Å². The molecule has 0 radical (unpaired) electrons. The molecule has 0 saturated heterocycles. The largest absolute Gasteiger partial charge is 0.494 e. The zero-order valence-electron chi connectivity index (χ0n) is 17.4. The summed E-state index contributed by atoms with van der Waals surface area (Å²) in [6, 6.07) is 25.4. The van der Waals surface area contributed by atoms with Crippen molar-refractivity contribution in [2.24, 2.45) is 0 Å². The van der Waals surface area contributed by atoms with Crippen LogP contribution in [0.2, 0.25) is 0 Å². The van der Waals surface area contributed by atoms with Crippen molar-refractivity contribution in [2.45, 2.75) is 39.7 Å². The fourth-order valence-electron chi connectivity index (χ4n) is 3.59. The highest BCUT2D eigenvalue weighted by Crippen LogP contribution is 2.25. The zero-order chi connectivity index (χ0) is 20.2. The maximum Gasteiger partial charge on any atom is 0.141 e. The molecule has 0 aliphatic rings.